The van der Waals surface area contributed by atoms with E-state index in [1.165, 1.54) is 17.7 Å². The molecule has 184 valence electrons. The fourth-order valence-electron chi connectivity index (χ4n) is 4.02. The summed E-state index contributed by atoms with van der Waals surface area (Å²) in [5, 5.41) is 15.2. The van der Waals surface area contributed by atoms with Crippen LogP contribution in [-0.4, -0.2) is 48.8 Å². The average molecular weight is 501 g/mol. The first-order chi connectivity index (χ1) is 17.5. The van der Waals surface area contributed by atoms with Gasteiger partial charge in [0.15, 0.2) is 11.5 Å². The lowest BCUT2D eigenvalue weighted by molar-refractivity contribution is 0.0956. The molecule has 36 heavy (non-hydrogen) atoms. The molecular formula is C26H28N8OS. The summed E-state index contributed by atoms with van der Waals surface area (Å²) in [5.41, 5.74) is 4.79. The zero-order valence-corrected chi connectivity index (χ0v) is 21.4. The van der Waals surface area contributed by atoms with E-state index in [4.69, 9.17) is 0 Å². The number of fused-ring (bicyclic) bond motifs is 1. The molecule has 10 heteroatoms. The highest BCUT2D eigenvalue weighted by Crippen LogP contribution is 2.37. The summed E-state index contributed by atoms with van der Waals surface area (Å²) >= 11 is 1.68. The molecule has 0 radical (unpaired) electrons. The number of aryl methyl sites for hydroxylation is 2. The Morgan fingerprint density at radius 2 is 2.17 bits per heavy atom. The quantitative estimate of drug-likeness (QED) is 0.268. The van der Waals surface area contributed by atoms with E-state index >= 15 is 0 Å². The summed E-state index contributed by atoms with van der Waals surface area (Å²) in [6.07, 6.45) is 10.6. The van der Waals surface area contributed by atoms with E-state index in [2.05, 4.69) is 56.6 Å². The molecule has 1 amide bonds. The first kappa shape index (κ1) is 23.8. The number of hydrogen-bond donors (Lipinski definition) is 1. The Hall–Kier alpha value is -3.92. The number of aromatic nitrogens is 6. The van der Waals surface area contributed by atoms with Crippen LogP contribution in [0.15, 0.2) is 59.0 Å². The number of amides is 1. The van der Waals surface area contributed by atoms with Gasteiger partial charge in [-0.15, -0.1) is 16.4 Å². The molecule has 5 rings (SSSR count). The van der Waals surface area contributed by atoms with Crippen LogP contribution in [0.5, 0.6) is 0 Å². The van der Waals surface area contributed by atoms with Gasteiger partial charge >= 0.3 is 0 Å². The fourth-order valence-corrected chi connectivity index (χ4v) is 4.90. The van der Waals surface area contributed by atoms with E-state index in [1.54, 1.807) is 22.1 Å². The van der Waals surface area contributed by atoms with Crippen LogP contribution in [0.2, 0.25) is 0 Å². The Morgan fingerprint density at radius 1 is 1.33 bits per heavy atom. The maximum absolute atomic E-state index is 13.3. The van der Waals surface area contributed by atoms with Crippen molar-refractivity contribution in [2.24, 2.45) is 10.9 Å². The van der Waals surface area contributed by atoms with E-state index < -0.39 is 0 Å². The van der Waals surface area contributed by atoms with E-state index in [0.29, 0.717) is 41.6 Å². The number of nitrogens with one attached hydrogen (secondary N) is 1. The van der Waals surface area contributed by atoms with Gasteiger partial charge in [-0.2, -0.15) is 4.68 Å². The fraction of sp³-hybridized carbons (Fsp3) is 0.308. The third-order valence-electron chi connectivity index (χ3n) is 6.16. The van der Waals surface area contributed by atoms with Crippen molar-refractivity contribution in [3.05, 3.63) is 70.3 Å². The first-order valence-electron chi connectivity index (χ1n) is 12.0. The van der Waals surface area contributed by atoms with Crippen molar-refractivity contribution in [2.75, 3.05) is 6.54 Å². The Kier molecular flexibility index (Phi) is 6.60. The van der Waals surface area contributed by atoms with Gasteiger partial charge in [0.2, 0.25) is 0 Å². The Morgan fingerprint density at radius 3 is 2.86 bits per heavy atom. The summed E-state index contributed by atoms with van der Waals surface area (Å²) < 4.78 is 3.60. The molecule has 4 aromatic rings. The molecule has 0 saturated heterocycles. The number of allylic oxidation sites excluding steroid dienone is 3. The number of hydrogen-bond acceptors (Lipinski definition) is 7. The van der Waals surface area contributed by atoms with Crippen molar-refractivity contribution in [2.45, 2.75) is 40.0 Å². The van der Waals surface area contributed by atoms with Crippen molar-refractivity contribution in [3.63, 3.8) is 0 Å². The van der Waals surface area contributed by atoms with Crippen LogP contribution in [0.3, 0.4) is 0 Å². The summed E-state index contributed by atoms with van der Waals surface area (Å²) in [5.74, 6) is 1.04. The number of carbonyl (C=O) groups excluding carboxylic acids is 1. The summed E-state index contributed by atoms with van der Waals surface area (Å²) in [4.78, 5) is 24.4. The van der Waals surface area contributed by atoms with E-state index in [1.807, 2.05) is 42.8 Å². The van der Waals surface area contributed by atoms with Crippen LogP contribution in [-0.2, 0) is 6.42 Å². The largest absolute Gasteiger partial charge is 0.348 e. The molecule has 0 bridgehead atoms. The van der Waals surface area contributed by atoms with Crippen LogP contribution in [0.4, 0.5) is 0 Å². The van der Waals surface area contributed by atoms with Gasteiger partial charge in [-0.05, 0) is 68.1 Å². The second-order valence-corrected chi connectivity index (χ2v) is 10.2. The molecule has 0 aliphatic heterocycles. The topological polar surface area (TPSA) is 102 Å². The Balaban J connectivity index is 1.49. The minimum atomic E-state index is -0.188. The van der Waals surface area contributed by atoms with Crippen LogP contribution in [0, 0.1) is 12.8 Å². The second-order valence-electron chi connectivity index (χ2n) is 8.94. The smallest absolute Gasteiger partial charge is 0.253 e. The van der Waals surface area contributed by atoms with Gasteiger partial charge in [0.05, 0.1) is 22.3 Å². The molecule has 1 aliphatic rings. The molecule has 4 aromatic heterocycles. The van der Waals surface area contributed by atoms with E-state index in [9.17, 15) is 4.79 Å². The SMILES string of the molecule is C=N/C(=C\C=C(/C)CNC(=O)c1cc(-n2nnnc2CC)c2ncc(-c3ccc(C)s3)n2c1)C1CC1. The monoisotopic (exact) mass is 500 g/mol. The number of nitrogens with zero attached hydrogens (tertiary/aromatic N) is 7. The molecule has 0 spiro atoms. The highest BCUT2D eigenvalue weighted by Gasteiger charge is 2.25. The van der Waals surface area contributed by atoms with Gasteiger partial charge in [-0.25, -0.2) is 4.98 Å². The lowest BCUT2D eigenvalue weighted by atomic mass is 10.2. The zero-order chi connectivity index (χ0) is 25.2. The van der Waals surface area contributed by atoms with Gasteiger partial charge in [0.25, 0.3) is 5.91 Å². The third kappa shape index (κ3) is 4.76. The first-order valence-corrected chi connectivity index (χ1v) is 12.8. The van der Waals surface area contributed by atoms with E-state index in [0.717, 1.165) is 21.8 Å². The Bertz CT molecular complexity index is 1500. The average Bonchev–Trinajstić information content (AvgIpc) is 3.26. The van der Waals surface area contributed by atoms with Gasteiger partial charge in [-0.3, -0.25) is 14.2 Å². The molecule has 0 atom stereocenters. The summed E-state index contributed by atoms with van der Waals surface area (Å²) in [6, 6.07) is 5.94. The normalized spacial score (nSPS) is 14.4. The minimum absolute atomic E-state index is 0.188. The van der Waals surface area contributed by atoms with Crippen LogP contribution in [0.25, 0.3) is 21.9 Å². The van der Waals surface area contributed by atoms with E-state index in [-0.39, 0.29) is 5.91 Å². The van der Waals surface area contributed by atoms with Crippen LogP contribution in [0.1, 0.15) is 47.7 Å². The number of rotatable bonds is 9. The van der Waals surface area contributed by atoms with Crippen molar-refractivity contribution in [1.29, 1.82) is 0 Å². The standard InChI is InChI=1S/C26H28N8OS/c1-5-24-30-31-32-34(24)21-12-19(15-33-22(14-28-25(21)33)23-11-7-17(3)36-23)26(35)29-13-16(2)6-10-20(27-4)18-8-9-18/h6-7,10-12,14-15,18H,4-5,8-9,13H2,1-3H3,(H,29,35)/b16-6+,20-10-. The van der Waals surface area contributed by atoms with Crippen molar-refractivity contribution in [3.8, 4) is 16.3 Å². The number of imidazole rings is 1. The molecular weight excluding hydrogens is 472 g/mol. The predicted molar refractivity (Wildman–Crippen MR) is 142 cm³/mol. The molecule has 1 aliphatic carbocycles. The number of tetrazole rings is 1. The number of thiophene rings is 1. The minimum Gasteiger partial charge on any atom is -0.348 e. The highest BCUT2D eigenvalue weighted by atomic mass is 32.1. The number of carbonyl (C=O) groups is 1. The number of aliphatic imine (C=N–C) groups is 1. The maximum atomic E-state index is 13.3. The van der Waals surface area contributed by atoms with Gasteiger partial charge < -0.3 is 5.32 Å². The van der Waals surface area contributed by atoms with Crippen molar-refractivity contribution in [1.82, 2.24) is 34.9 Å². The number of pyridine rings is 1. The molecule has 0 unspecified atom stereocenters. The van der Waals surface area contributed by atoms with Crippen LogP contribution < -0.4 is 5.32 Å². The predicted octanol–water partition coefficient (Wildman–Crippen LogP) is 4.58. The van der Waals surface area contributed by atoms with Crippen LogP contribution >= 0.6 is 11.3 Å². The maximum Gasteiger partial charge on any atom is 0.253 e. The summed E-state index contributed by atoms with van der Waals surface area (Å²) in [6.45, 7) is 10.1. The van der Waals surface area contributed by atoms with Crippen molar-refractivity contribution < 1.29 is 4.79 Å². The molecule has 4 heterocycles. The summed E-state index contributed by atoms with van der Waals surface area (Å²) in [7, 11) is 0. The highest BCUT2D eigenvalue weighted by molar-refractivity contribution is 7.15. The zero-order valence-electron chi connectivity index (χ0n) is 20.6. The molecule has 1 fully saturated rings. The third-order valence-corrected chi connectivity index (χ3v) is 7.19. The molecule has 1 saturated carbocycles. The van der Waals surface area contributed by atoms with Crippen molar-refractivity contribution >= 4 is 29.6 Å². The van der Waals surface area contributed by atoms with Gasteiger partial charge in [0.1, 0.15) is 5.69 Å². The molecule has 0 aromatic carbocycles. The van der Waals surface area contributed by atoms with Gasteiger partial charge in [0, 0.05) is 35.7 Å². The second kappa shape index (κ2) is 9.98. The lowest BCUT2D eigenvalue weighted by Gasteiger charge is -2.11. The lowest BCUT2D eigenvalue weighted by Crippen LogP contribution is -2.25. The van der Waals surface area contributed by atoms with Gasteiger partial charge in [-0.1, -0.05) is 18.6 Å². The Labute approximate surface area is 213 Å². The molecule has 9 nitrogen and oxygen atoms in total. The molecule has 1 N–H and O–H groups in total.